The van der Waals surface area contributed by atoms with Crippen LogP contribution in [0.25, 0.3) is 0 Å². The fourth-order valence-electron chi connectivity index (χ4n) is 3.74. The highest BCUT2D eigenvalue weighted by molar-refractivity contribution is 9.11. The summed E-state index contributed by atoms with van der Waals surface area (Å²) in [5, 5.41) is 10.9. The van der Waals surface area contributed by atoms with Gasteiger partial charge in [-0.25, -0.2) is 9.78 Å². The van der Waals surface area contributed by atoms with Crippen LogP contribution in [0, 0.1) is 0 Å². The van der Waals surface area contributed by atoms with E-state index < -0.39 is 43.8 Å². The second-order valence-electron chi connectivity index (χ2n) is 11.4. The first-order valence-electron chi connectivity index (χ1n) is 11.7. The van der Waals surface area contributed by atoms with Crippen molar-refractivity contribution >= 4 is 41.7 Å². The second kappa shape index (κ2) is 11.1. The lowest BCUT2D eigenvalue weighted by atomic mass is 9.92. The van der Waals surface area contributed by atoms with E-state index in [9.17, 15) is 23.1 Å². The number of carbonyl (C=O) groups is 1. The molecule has 5 nitrogen and oxygen atoms in total. The van der Waals surface area contributed by atoms with Crippen molar-refractivity contribution in [2.45, 2.75) is 96.4 Å². The monoisotopic (exact) mass is 608 g/mol. The summed E-state index contributed by atoms with van der Waals surface area (Å²) in [6, 6.07) is 4.24. The number of halogens is 4. The highest BCUT2D eigenvalue weighted by atomic mass is 79.9. The Bertz CT molecular complexity index is 1030. The summed E-state index contributed by atoms with van der Waals surface area (Å²) in [4.78, 5) is 18.4. The minimum Gasteiger partial charge on any atom is -0.465 e. The molecule has 2 aromatic rings. The molecule has 36 heavy (non-hydrogen) atoms. The molecular formula is C25H36BrF3N2O3SSi. The Morgan fingerprint density at radius 2 is 1.69 bits per heavy atom. The maximum atomic E-state index is 13.3. The van der Waals surface area contributed by atoms with E-state index >= 15 is 0 Å². The molecule has 0 aliphatic rings. The summed E-state index contributed by atoms with van der Waals surface area (Å²) in [7, 11) is -2.47. The molecule has 1 N–H and O–H groups in total. The number of amides is 1. The molecule has 1 aromatic carbocycles. The third-order valence-corrected chi connectivity index (χ3v) is 12.6. The van der Waals surface area contributed by atoms with Crippen LogP contribution in [0.4, 0.5) is 18.0 Å². The molecule has 0 spiro atoms. The van der Waals surface area contributed by atoms with E-state index in [0.717, 1.165) is 20.9 Å². The van der Waals surface area contributed by atoms with Crippen molar-refractivity contribution in [2.75, 3.05) is 0 Å². The summed E-state index contributed by atoms with van der Waals surface area (Å²) in [5.41, 5.74) is -1.01. The van der Waals surface area contributed by atoms with E-state index in [1.807, 2.05) is 20.8 Å². The number of thiazole rings is 1. The maximum Gasteiger partial charge on any atom is 0.416 e. The van der Waals surface area contributed by atoms with Crippen LogP contribution >= 0.6 is 27.3 Å². The van der Waals surface area contributed by atoms with Crippen LogP contribution < -0.4 is 0 Å². The summed E-state index contributed by atoms with van der Waals surface area (Å²) in [6.07, 6.45) is -3.74. The number of carboxylic acid groups (broad SMARTS) is 1. The lowest BCUT2D eigenvalue weighted by molar-refractivity contribution is -0.137. The predicted octanol–water partition coefficient (Wildman–Crippen LogP) is 8.77. The standard InChI is InChI=1S/C25H36BrF3N2O3SSi/c1-23(2,3)31(22(32)33)18(13-14-20-30-15-19(26)35-20)21(34-36(7,8)24(4,5)6)16-9-11-17(12-10-16)25(27,28)29/h9-12,15,18,21H,13-14H2,1-8H3,(H,32,33)/t18-,21+/m1/s1. The molecule has 11 heteroatoms. The first-order valence-corrected chi connectivity index (χ1v) is 16.2. The van der Waals surface area contributed by atoms with Crippen molar-refractivity contribution in [1.82, 2.24) is 9.88 Å². The van der Waals surface area contributed by atoms with Gasteiger partial charge in [0.2, 0.25) is 0 Å². The second-order valence-corrected chi connectivity index (χ2v) is 18.7. The Labute approximate surface area is 225 Å². The van der Waals surface area contributed by atoms with E-state index in [1.165, 1.54) is 28.4 Å². The van der Waals surface area contributed by atoms with Crippen LogP contribution in [0.15, 0.2) is 34.2 Å². The van der Waals surface area contributed by atoms with Gasteiger partial charge in [0.25, 0.3) is 0 Å². The van der Waals surface area contributed by atoms with Gasteiger partial charge in [0.1, 0.15) is 0 Å². The van der Waals surface area contributed by atoms with E-state index in [4.69, 9.17) is 4.43 Å². The van der Waals surface area contributed by atoms with Crippen molar-refractivity contribution in [2.24, 2.45) is 0 Å². The van der Waals surface area contributed by atoms with Crippen LogP contribution in [-0.2, 0) is 17.0 Å². The molecule has 0 radical (unpaired) electrons. The van der Waals surface area contributed by atoms with Crippen molar-refractivity contribution in [1.29, 1.82) is 0 Å². The number of hydrogen-bond donors (Lipinski definition) is 1. The summed E-state index contributed by atoms with van der Waals surface area (Å²) < 4.78 is 47.6. The Morgan fingerprint density at radius 3 is 2.08 bits per heavy atom. The van der Waals surface area contributed by atoms with Crippen molar-refractivity contribution in [3.8, 4) is 0 Å². The third kappa shape index (κ3) is 7.78. The zero-order valence-corrected chi connectivity index (χ0v) is 25.4. The number of alkyl halides is 3. The van der Waals surface area contributed by atoms with Gasteiger partial charge in [0, 0.05) is 12.0 Å². The quantitative estimate of drug-likeness (QED) is 0.304. The first-order chi connectivity index (χ1) is 16.2. The van der Waals surface area contributed by atoms with Crippen LogP contribution in [-0.4, -0.2) is 41.0 Å². The molecule has 0 unspecified atom stereocenters. The maximum absolute atomic E-state index is 13.3. The van der Waals surface area contributed by atoms with Crippen molar-refractivity contribution in [3.05, 3.63) is 50.4 Å². The number of nitrogens with zero attached hydrogens (tertiary/aromatic N) is 2. The van der Waals surface area contributed by atoms with Crippen molar-refractivity contribution in [3.63, 3.8) is 0 Å². The molecule has 0 aliphatic carbocycles. The molecule has 1 aromatic heterocycles. The first kappa shape index (κ1) is 30.8. The highest BCUT2D eigenvalue weighted by Crippen LogP contribution is 2.43. The SMILES string of the molecule is CC(C)(C)N(C(=O)O)[C@H](CCc1ncc(Br)s1)[C@@H](O[Si](C)(C)C(C)(C)C)c1ccc(C(F)(F)F)cc1. The zero-order valence-electron chi connectivity index (χ0n) is 22.0. The summed E-state index contributed by atoms with van der Waals surface area (Å²) in [6.45, 7) is 15.8. The number of hydrogen-bond acceptors (Lipinski definition) is 4. The fourth-order valence-corrected chi connectivity index (χ4v) is 6.34. The van der Waals surface area contributed by atoms with Crippen LogP contribution in [0.2, 0.25) is 18.1 Å². The third-order valence-electron chi connectivity index (χ3n) is 6.58. The number of aromatic nitrogens is 1. The Balaban J connectivity index is 2.66. The molecular weight excluding hydrogens is 573 g/mol. The van der Waals surface area contributed by atoms with E-state index in [2.05, 4.69) is 54.8 Å². The Kier molecular flexibility index (Phi) is 9.52. The van der Waals surface area contributed by atoms with Gasteiger partial charge in [0.15, 0.2) is 8.32 Å². The molecule has 0 saturated carbocycles. The van der Waals surface area contributed by atoms with Gasteiger partial charge < -0.3 is 9.53 Å². The predicted molar refractivity (Wildman–Crippen MR) is 144 cm³/mol. The molecule has 0 bridgehead atoms. The normalized spacial score (nSPS) is 15.0. The summed E-state index contributed by atoms with van der Waals surface area (Å²) >= 11 is 4.88. The van der Waals surface area contributed by atoms with Crippen molar-refractivity contribution < 1.29 is 27.5 Å². The van der Waals surface area contributed by atoms with Gasteiger partial charge >= 0.3 is 12.3 Å². The summed E-state index contributed by atoms with van der Waals surface area (Å²) in [5.74, 6) is 0. The van der Waals surface area contributed by atoms with Crippen LogP contribution in [0.5, 0.6) is 0 Å². The molecule has 0 fully saturated rings. The molecule has 0 saturated heterocycles. The van der Waals surface area contributed by atoms with Crippen LogP contribution in [0.1, 0.15) is 70.2 Å². The number of aryl methyl sites for hydroxylation is 1. The average Bonchev–Trinajstić information content (AvgIpc) is 3.12. The van der Waals surface area contributed by atoms with E-state index in [0.29, 0.717) is 18.4 Å². The number of rotatable bonds is 8. The lowest BCUT2D eigenvalue weighted by Crippen LogP contribution is -2.55. The van der Waals surface area contributed by atoms with Gasteiger partial charge in [-0.3, -0.25) is 4.90 Å². The molecule has 0 aliphatic heterocycles. The highest BCUT2D eigenvalue weighted by Gasteiger charge is 2.45. The Morgan fingerprint density at radius 1 is 1.14 bits per heavy atom. The van der Waals surface area contributed by atoms with E-state index in [1.54, 1.807) is 6.20 Å². The van der Waals surface area contributed by atoms with E-state index in [-0.39, 0.29) is 5.04 Å². The molecule has 2 atom stereocenters. The average molecular weight is 610 g/mol. The lowest BCUT2D eigenvalue weighted by Gasteiger charge is -2.47. The molecule has 2 rings (SSSR count). The smallest absolute Gasteiger partial charge is 0.416 e. The molecule has 1 heterocycles. The van der Waals surface area contributed by atoms with Gasteiger partial charge in [-0.2, -0.15) is 13.2 Å². The zero-order chi connectivity index (χ0) is 27.7. The fraction of sp³-hybridized carbons (Fsp3) is 0.600. The van der Waals surface area contributed by atoms with Gasteiger partial charge in [-0.05, 0) is 79.0 Å². The largest absolute Gasteiger partial charge is 0.465 e. The number of benzene rings is 1. The molecule has 202 valence electrons. The Hall–Kier alpha value is -1.43. The topological polar surface area (TPSA) is 62.7 Å². The van der Waals surface area contributed by atoms with Gasteiger partial charge in [-0.1, -0.05) is 32.9 Å². The van der Waals surface area contributed by atoms with Gasteiger partial charge in [-0.15, -0.1) is 11.3 Å². The minimum atomic E-state index is -4.47. The molecule has 1 amide bonds. The minimum absolute atomic E-state index is 0.197. The van der Waals surface area contributed by atoms with Gasteiger partial charge in [0.05, 0.1) is 32.7 Å². The van der Waals surface area contributed by atoms with Crippen LogP contribution in [0.3, 0.4) is 0 Å².